The van der Waals surface area contributed by atoms with Crippen LogP contribution in [0.1, 0.15) is 101 Å². The van der Waals surface area contributed by atoms with Crippen LogP contribution < -0.4 is 10.4 Å². The molecule has 0 aromatic heterocycles. The molecule has 2 aromatic carbocycles. The van der Waals surface area contributed by atoms with Gasteiger partial charge in [-0.1, -0.05) is 155 Å². The summed E-state index contributed by atoms with van der Waals surface area (Å²) in [5, 5.41) is 2.15. The molecular weight excluding hydrogens is 792 g/mol. The Bertz CT molecular complexity index is 1550. The van der Waals surface area contributed by atoms with Crippen molar-refractivity contribution in [3.63, 3.8) is 0 Å². The Morgan fingerprint density at radius 3 is 1.73 bits per heavy atom. The zero-order valence-corrected chi connectivity index (χ0v) is 38.0. The second-order valence-electron chi connectivity index (χ2n) is 17.2. The predicted molar refractivity (Wildman–Crippen MR) is 231 cm³/mol. The summed E-state index contributed by atoms with van der Waals surface area (Å²) in [5.74, 6) is 13.0. The van der Waals surface area contributed by atoms with Crippen molar-refractivity contribution in [2.75, 3.05) is 4.43 Å². The molecule has 0 saturated carbocycles. The van der Waals surface area contributed by atoms with Gasteiger partial charge in [-0.25, -0.2) is 0 Å². The average Bonchev–Trinajstić information content (AvgIpc) is 3.02. The van der Waals surface area contributed by atoms with Gasteiger partial charge < -0.3 is 13.6 Å². The molecule has 0 saturated heterocycles. The van der Waals surface area contributed by atoms with E-state index in [2.05, 4.69) is 156 Å². The summed E-state index contributed by atoms with van der Waals surface area (Å²) < 4.78 is 20.6. The highest BCUT2D eigenvalue weighted by molar-refractivity contribution is 14.1. The third-order valence-electron chi connectivity index (χ3n) is 9.55. The Morgan fingerprint density at radius 2 is 1.29 bits per heavy atom. The Kier molecular flexibility index (Phi) is 17.3. The summed E-state index contributed by atoms with van der Waals surface area (Å²) in [6.45, 7) is 29.6. The molecule has 2 rings (SSSR count). The summed E-state index contributed by atoms with van der Waals surface area (Å²) in [6.07, 6.45) is 0.870. The van der Waals surface area contributed by atoms with Crippen molar-refractivity contribution in [3.05, 3.63) is 72.8 Å². The highest BCUT2D eigenvalue weighted by atomic mass is 127. The van der Waals surface area contributed by atoms with Gasteiger partial charge in [0.05, 0.1) is 4.43 Å². The molecule has 0 bridgehead atoms. The van der Waals surface area contributed by atoms with Crippen LogP contribution in [0.5, 0.6) is 0 Å². The number of alkyl halides is 1. The SMILES string of the molecule is C=C(C)[C@H](CCC#CC(CC(C#CCI)O[Si](C)(C)C(C)(C)C)O[Si](c1ccccc1)(c1ccccc1)C(C)(C)C)CC(=O)CC(=O)OC(C)(C)C. The molecule has 8 heteroatoms. The van der Waals surface area contributed by atoms with Crippen molar-refractivity contribution >= 4 is 61.4 Å². The van der Waals surface area contributed by atoms with Crippen LogP contribution >= 0.6 is 22.6 Å². The number of ether oxygens (including phenoxy) is 1. The summed E-state index contributed by atoms with van der Waals surface area (Å²) in [6, 6.07) is 21.2. The second kappa shape index (κ2) is 19.7. The maximum Gasteiger partial charge on any atom is 0.313 e. The number of rotatable bonds is 15. The lowest BCUT2D eigenvalue weighted by molar-refractivity contribution is -0.156. The van der Waals surface area contributed by atoms with Crippen LogP contribution in [0.2, 0.25) is 23.2 Å². The first-order valence-electron chi connectivity index (χ1n) is 18.4. The third-order valence-corrected chi connectivity index (χ3v) is 19.5. The smallest absolute Gasteiger partial charge is 0.313 e. The van der Waals surface area contributed by atoms with E-state index in [0.717, 1.165) is 5.57 Å². The van der Waals surface area contributed by atoms with Crippen molar-refractivity contribution in [1.82, 2.24) is 0 Å². The van der Waals surface area contributed by atoms with E-state index in [-0.39, 0.29) is 40.7 Å². The van der Waals surface area contributed by atoms with Gasteiger partial charge in [-0.2, -0.15) is 0 Å². The third kappa shape index (κ3) is 14.1. The number of esters is 1. The number of carbonyl (C=O) groups is 2. The fourth-order valence-corrected chi connectivity index (χ4v) is 11.9. The zero-order chi connectivity index (χ0) is 39.4. The maximum absolute atomic E-state index is 12.9. The largest absolute Gasteiger partial charge is 0.460 e. The van der Waals surface area contributed by atoms with E-state index in [1.54, 1.807) is 20.8 Å². The lowest BCUT2D eigenvalue weighted by Crippen LogP contribution is -2.67. The Hall–Kier alpha value is -2.48. The molecule has 52 heavy (non-hydrogen) atoms. The highest BCUT2D eigenvalue weighted by Crippen LogP contribution is 2.40. The molecule has 0 radical (unpaired) electrons. The molecule has 284 valence electrons. The van der Waals surface area contributed by atoms with Gasteiger partial charge in [-0.05, 0) is 73.6 Å². The zero-order valence-electron chi connectivity index (χ0n) is 33.9. The van der Waals surface area contributed by atoms with Crippen LogP contribution in [0.15, 0.2) is 72.8 Å². The Morgan fingerprint density at radius 1 is 0.788 bits per heavy atom. The van der Waals surface area contributed by atoms with Crippen LogP contribution in [0.25, 0.3) is 0 Å². The van der Waals surface area contributed by atoms with E-state index in [1.165, 1.54) is 10.4 Å². The molecule has 0 aliphatic heterocycles. The first-order valence-corrected chi connectivity index (χ1v) is 24.7. The van der Waals surface area contributed by atoms with Crippen molar-refractivity contribution in [2.45, 2.75) is 142 Å². The first kappa shape index (κ1) is 45.7. The standard InChI is InChI=1S/C44H63IO5Si2/c1-34(2)35(31-36(46)32-41(47)48-42(3,4)5)23-20-21-24-38(33-37(25-22-30-45)49-51(12,13)43(6,7)8)50-52(44(9,10)11,39-26-16-14-17-27-39)40-28-18-15-19-29-40/h14-19,26-29,35,37-38H,1,20,23,30-33H2,2-13H3/t35-,37?,38?/m1/s1. The molecule has 0 N–H and O–H groups in total. The van der Waals surface area contributed by atoms with Crippen LogP contribution in [0, 0.1) is 29.6 Å². The van der Waals surface area contributed by atoms with E-state index in [0.29, 0.717) is 23.7 Å². The molecule has 0 spiro atoms. The number of ketones is 1. The lowest BCUT2D eigenvalue weighted by Gasteiger charge is -2.45. The quantitative estimate of drug-likeness (QED) is 0.0340. The van der Waals surface area contributed by atoms with E-state index in [9.17, 15) is 9.59 Å². The minimum Gasteiger partial charge on any atom is -0.460 e. The molecule has 2 unspecified atom stereocenters. The molecular formula is C44H63IO5Si2. The molecule has 0 heterocycles. The Balaban J connectivity index is 2.58. The van der Waals surface area contributed by atoms with Gasteiger partial charge in [0.15, 0.2) is 8.32 Å². The lowest BCUT2D eigenvalue weighted by atomic mass is 9.90. The van der Waals surface area contributed by atoms with E-state index >= 15 is 0 Å². The maximum atomic E-state index is 12.9. The Labute approximate surface area is 331 Å². The topological polar surface area (TPSA) is 61.8 Å². The molecule has 0 amide bonds. The number of hydrogen-bond acceptors (Lipinski definition) is 5. The minimum atomic E-state index is -2.96. The normalized spacial score (nSPS) is 14.2. The van der Waals surface area contributed by atoms with Crippen LogP contribution in [0.3, 0.4) is 0 Å². The molecule has 5 nitrogen and oxygen atoms in total. The van der Waals surface area contributed by atoms with Crippen molar-refractivity contribution < 1.29 is 23.2 Å². The second-order valence-corrected chi connectivity index (χ2v) is 27.0. The van der Waals surface area contributed by atoms with Gasteiger partial charge in [0, 0.05) is 19.3 Å². The number of Topliss-reactive ketones (excluding diaryl/α,β-unsaturated/α-hetero) is 1. The van der Waals surface area contributed by atoms with E-state index in [1.807, 2.05) is 19.1 Å². The number of carbonyl (C=O) groups excluding carboxylic acids is 2. The predicted octanol–water partition coefficient (Wildman–Crippen LogP) is 9.82. The molecule has 3 atom stereocenters. The van der Waals surface area contributed by atoms with Crippen molar-refractivity contribution in [3.8, 4) is 23.7 Å². The van der Waals surface area contributed by atoms with E-state index < -0.39 is 34.3 Å². The number of allylic oxidation sites excluding steroid dienone is 1. The van der Waals surface area contributed by atoms with Gasteiger partial charge in [-0.3, -0.25) is 9.59 Å². The summed E-state index contributed by atoms with van der Waals surface area (Å²) >= 11 is 2.29. The molecule has 2 aromatic rings. The van der Waals surface area contributed by atoms with Gasteiger partial charge in [-0.15, -0.1) is 5.92 Å². The minimum absolute atomic E-state index is 0.00968. The summed E-state index contributed by atoms with van der Waals surface area (Å²) in [5.41, 5.74) is 0.265. The molecule has 0 fully saturated rings. The van der Waals surface area contributed by atoms with E-state index in [4.69, 9.17) is 13.6 Å². The average molecular weight is 855 g/mol. The monoisotopic (exact) mass is 854 g/mol. The highest BCUT2D eigenvalue weighted by Gasteiger charge is 2.51. The van der Waals surface area contributed by atoms with Crippen LogP contribution in [-0.4, -0.2) is 50.6 Å². The fraction of sp³-hybridized carbons (Fsp3) is 0.545. The van der Waals surface area contributed by atoms with Gasteiger partial charge >= 0.3 is 5.97 Å². The number of hydrogen-bond donors (Lipinski definition) is 0. The molecule has 0 aliphatic rings. The number of halogens is 1. The van der Waals surface area contributed by atoms with Crippen molar-refractivity contribution in [1.29, 1.82) is 0 Å². The van der Waals surface area contributed by atoms with Gasteiger partial charge in [0.25, 0.3) is 8.32 Å². The van der Waals surface area contributed by atoms with Crippen LogP contribution in [0.4, 0.5) is 0 Å². The van der Waals surface area contributed by atoms with Gasteiger partial charge in [0.1, 0.15) is 30.0 Å². The summed E-state index contributed by atoms with van der Waals surface area (Å²) in [7, 11) is -5.15. The fourth-order valence-electron chi connectivity index (χ4n) is 5.90. The number of benzene rings is 2. The van der Waals surface area contributed by atoms with Crippen molar-refractivity contribution in [2.24, 2.45) is 5.92 Å². The van der Waals surface area contributed by atoms with Gasteiger partial charge in [0.2, 0.25) is 0 Å². The summed E-state index contributed by atoms with van der Waals surface area (Å²) in [4.78, 5) is 25.2. The molecule has 0 aliphatic carbocycles. The van der Waals surface area contributed by atoms with Crippen LogP contribution in [-0.2, 0) is 23.2 Å². The first-order chi connectivity index (χ1) is 24.0.